The maximum absolute atomic E-state index is 12.1. The molecule has 0 saturated heterocycles. The molecule has 1 aromatic carbocycles. The fourth-order valence-corrected chi connectivity index (χ4v) is 2.47. The quantitative estimate of drug-likeness (QED) is 0.895. The van der Waals surface area contributed by atoms with Gasteiger partial charge in [0.15, 0.2) is 6.10 Å². The van der Waals surface area contributed by atoms with E-state index in [-0.39, 0.29) is 6.42 Å². The van der Waals surface area contributed by atoms with Gasteiger partial charge in [0.2, 0.25) is 5.91 Å². The Morgan fingerprint density at radius 3 is 2.57 bits per heavy atom. The van der Waals surface area contributed by atoms with Gasteiger partial charge in [-0.1, -0.05) is 18.2 Å². The summed E-state index contributed by atoms with van der Waals surface area (Å²) in [6.07, 6.45) is -2.89. The molecule has 0 aliphatic heterocycles. The van der Waals surface area contributed by atoms with Crippen LogP contribution in [0.25, 0.3) is 0 Å². The SMILES string of the molecule is O=C(Cc1ccc2c(c1)CCCC2)NCC(O)C(F)(F)F. The Hall–Kier alpha value is -1.56. The predicted molar refractivity (Wildman–Crippen MR) is 71.9 cm³/mol. The Labute approximate surface area is 121 Å². The number of carbonyl (C=O) groups excluding carboxylic acids is 1. The third kappa shape index (κ3) is 4.46. The summed E-state index contributed by atoms with van der Waals surface area (Å²) in [5, 5.41) is 10.9. The van der Waals surface area contributed by atoms with Gasteiger partial charge in [-0.2, -0.15) is 13.2 Å². The molecule has 0 aromatic heterocycles. The van der Waals surface area contributed by atoms with Crippen LogP contribution in [0.4, 0.5) is 13.2 Å². The van der Waals surface area contributed by atoms with Crippen molar-refractivity contribution < 1.29 is 23.1 Å². The van der Waals surface area contributed by atoms with Crippen LogP contribution in [-0.4, -0.2) is 29.8 Å². The van der Waals surface area contributed by atoms with E-state index in [1.807, 2.05) is 18.2 Å². The number of rotatable bonds is 4. The summed E-state index contributed by atoms with van der Waals surface area (Å²) in [5.74, 6) is -0.519. The minimum atomic E-state index is -4.71. The minimum absolute atomic E-state index is 0.0257. The molecule has 0 radical (unpaired) electrons. The van der Waals surface area contributed by atoms with Crippen molar-refractivity contribution in [2.45, 2.75) is 44.4 Å². The highest BCUT2D eigenvalue weighted by atomic mass is 19.4. The second-order valence-electron chi connectivity index (χ2n) is 5.35. The van der Waals surface area contributed by atoms with Crippen LogP contribution in [0.3, 0.4) is 0 Å². The van der Waals surface area contributed by atoms with Crippen molar-refractivity contribution in [3.8, 4) is 0 Å². The fourth-order valence-electron chi connectivity index (χ4n) is 2.47. The summed E-state index contributed by atoms with van der Waals surface area (Å²) in [7, 11) is 0. The average molecular weight is 301 g/mol. The molecular formula is C15H18F3NO2. The molecule has 1 aromatic rings. The van der Waals surface area contributed by atoms with Gasteiger partial charge in [0, 0.05) is 0 Å². The molecule has 2 rings (SSSR count). The second kappa shape index (κ2) is 6.47. The molecule has 3 nitrogen and oxygen atoms in total. The summed E-state index contributed by atoms with van der Waals surface area (Å²) in [5.41, 5.74) is 3.30. The maximum atomic E-state index is 12.1. The molecular weight excluding hydrogens is 283 g/mol. The molecule has 1 aliphatic carbocycles. The van der Waals surface area contributed by atoms with Crippen LogP contribution in [0.1, 0.15) is 29.5 Å². The minimum Gasteiger partial charge on any atom is -0.382 e. The van der Waals surface area contributed by atoms with E-state index in [1.54, 1.807) is 0 Å². The Balaban J connectivity index is 1.88. The molecule has 6 heteroatoms. The van der Waals surface area contributed by atoms with Crippen LogP contribution in [0.15, 0.2) is 18.2 Å². The second-order valence-corrected chi connectivity index (χ2v) is 5.35. The lowest BCUT2D eigenvalue weighted by Crippen LogP contribution is -2.41. The molecule has 0 fully saturated rings. The van der Waals surface area contributed by atoms with Gasteiger partial charge in [-0.15, -0.1) is 0 Å². The lowest BCUT2D eigenvalue weighted by atomic mass is 9.90. The highest BCUT2D eigenvalue weighted by Gasteiger charge is 2.38. The number of benzene rings is 1. The first-order chi connectivity index (χ1) is 9.86. The highest BCUT2D eigenvalue weighted by molar-refractivity contribution is 5.78. The molecule has 2 N–H and O–H groups in total. The van der Waals surface area contributed by atoms with Crippen molar-refractivity contribution in [1.82, 2.24) is 5.32 Å². The number of amides is 1. The Morgan fingerprint density at radius 2 is 1.90 bits per heavy atom. The first kappa shape index (κ1) is 15.8. The van der Waals surface area contributed by atoms with Crippen LogP contribution in [0, 0.1) is 0 Å². The number of aliphatic hydroxyl groups excluding tert-OH is 1. The number of halogens is 3. The maximum Gasteiger partial charge on any atom is 0.416 e. The standard InChI is InChI=1S/C15H18F3NO2/c16-15(17,18)13(20)9-19-14(21)8-10-5-6-11-3-1-2-4-12(11)7-10/h5-7,13,20H,1-4,8-9H2,(H,19,21). The van der Waals surface area contributed by atoms with E-state index in [2.05, 4.69) is 5.32 Å². The van der Waals surface area contributed by atoms with E-state index in [0.717, 1.165) is 24.8 Å². The topological polar surface area (TPSA) is 49.3 Å². The normalized spacial score (nSPS) is 16.2. The number of hydrogen-bond acceptors (Lipinski definition) is 2. The molecule has 0 saturated carbocycles. The van der Waals surface area contributed by atoms with Gasteiger partial charge in [0.25, 0.3) is 0 Å². The molecule has 0 spiro atoms. The van der Waals surface area contributed by atoms with Crippen molar-refractivity contribution in [3.63, 3.8) is 0 Å². The largest absolute Gasteiger partial charge is 0.416 e. The zero-order valence-corrected chi connectivity index (χ0v) is 11.5. The molecule has 1 atom stereocenters. The predicted octanol–water partition coefficient (Wildman–Crippen LogP) is 2.15. The van der Waals surface area contributed by atoms with Crippen molar-refractivity contribution >= 4 is 5.91 Å². The Morgan fingerprint density at radius 1 is 1.24 bits per heavy atom. The first-order valence-electron chi connectivity index (χ1n) is 6.98. The average Bonchev–Trinajstić information content (AvgIpc) is 2.43. The van der Waals surface area contributed by atoms with E-state index in [1.165, 1.54) is 17.5 Å². The number of hydrogen-bond donors (Lipinski definition) is 2. The van der Waals surface area contributed by atoms with Crippen LogP contribution in [0.2, 0.25) is 0 Å². The molecule has 0 bridgehead atoms. The number of aryl methyl sites for hydroxylation is 2. The highest BCUT2D eigenvalue weighted by Crippen LogP contribution is 2.22. The van der Waals surface area contributed by atoms with Crippen molar-refractivity contribution in [2.24, 2.45) is 0 Å². The monoisotopic (exact) mass is 301 g/mol. The molecule has 116 valence electrons. The van der Waals surface area contributed by atoms with E-state index in [4.69, 9.17) is 5.11 Å². The Kier molecular flexibility index (Phi) is 4.88. The lowest BCUT2D eigenvalue weighted by molar-refractivity contribution is -0.201. The van der Waals surface area contributed by atoms with Crippen LogP contribution < -0.4 is 5.32 Å². The fraction of sp³-hybridized carbons (Fsp3) is 0.533. The summed E-state index contributed by atoms with van der Waals surface area (Å²) in [4.78, 5) is 11.6. The number of fused-ring (bicyclic) bond motifs is 1. The van der Waals surface area contributed by atoms with Gasteiger partial charge >= 0.3 is 6.18 Å². The zero-order chi connectivity index (χ0) is 15.5. The van der Waals surface area contributed by atoms with Gasteiger partial charge in [-0.05, 0) is 42.4 Å². The first-order valence-corrected chi connectivity index (χ1v) is 6.98. The molecule has 1 aliphatic rings. The number of aliphatic hydroxyl groups is 1. The smallest absolute Gasteiger partial charge is 0.382 e. The third-order valence-electron chi connectivity index (χ3n) is 3.65. The Bertz CT molecular complexity index is 514. The van der Waals surface area contributed by atoms with Gasteiger partial charge in [-0.3, -0.25) is 4.79 Å². The van der Waals surface area contributed by atoms with Crippen LogP contribution >= 0.6 is 0 Å². The van der Waals surface area contributed by atoms with Crippen molar-refractivity contribution in [1.29, 1.82) is 0 Å². The number of carbonyl (C=O) groups is 1. The zero-order valence-electron chi connectivity index (χ0n) is 11.5. The van der Waals surface area contributed by atoms with Gasteiger partial charge in [-0.25, -0.2) is 0 Å². The molecule has 0 heterocycles. The molecule has 1 amide bonds. The lowest BCUT2D eigenvalue weighted by Gasteiger charge is -2.17. The van der Waals surface area contributed by atoms with Crippen molar-refractivity contribution in [2.75, 3.05) is 6.54 Å². The van der Waals surface area contributed by atoms with Crippen LogP contribution in [0.5, 0.6) is 0 Å². The summed E-state index contributed by atoms with van der Waals surface area (Å²) >= 11 is 0. The van der Waals surface area contributed by atoms with E-state index in [0.29, 0.717) is 0 Å². The number of nitrogens with one attached hydrogen (secondary N) is 1. The third-order valence-corrected chi connectivity index (χ3v) is 3.65. The van der Waals surface area contributed by atoms with Gasteiger partial charge in [0.1, 0.15) is 0 Å². The van der Waals surface area contributed by atoms with E-state index >= 15 is 0 Å². The van der Waals surface area contributed by atoms with Gasteiger partial charge in [0.05, 0.1) is 13.0 Å². The summed E-state index contributed by atoms with van der Waals surface area (Å²) in [6, 6.07) is 5.78. The van der Waals surface area contributed by atoms with E-state index < -0.39 is 24.7 Å². The van der Waals surface area contributed by atoms with Crippen LogP contribution in [-0.2, 0) is 24.1 Å². The van der Waals surface area contributed by atoms with Gasteiger partial charge < -0.3 is 10.4 Å². The molecule has 21 heavy (non-hydrogen) atoms. The number of alkyl halides is 3. The molecule has 1 unspecified atom stereocenters. The summed E-state index contributed by atoms with van der Waals surface area (Å²) in [6.45, 7) is -0.812. The summed E-state index contributed by atoms with van der Waals surface area (Å²) < 4.78 is 36.3. The van der Waals surface area contributed by atoms with Crippen molar-refractivity contribution in [3.05, 3.63) is 34.9 Å². The van der Waals surface area contributed by atoms with E-state index in [9.17, 15) is 18.0 Å².